The molecule has 1 aromatic rings. The predicted molar refractivity (Wildman–Crippen MR) is 67.2 cm³/mol. The van der Waals surface area contributed by atoms with E-state index in [1.807, 2.05) is 0 Å². The van der Waals surface area contributed by atoms with Crippen LogP contribution in [0, 0.1) is 11.8 Å². The molecule has 1 aliphatic carbocycles. The fraction of sp³-hybridized carbons (Fsp3) is 0.727. The Bertz CT molecular complexity index is 401. The summed E-state index contributed by atoms with van der Waals surface area (Å²) >= 11 is 0. The number of aromatic nitrogens is 3. The maximum absolute atomic E-state index is 9.25. The Morgan fingerprint density at radius 3 is 2.83 bits per heavy atom. The van der Waals surface area contributed by atoms with Crippen molar-refractivity contribution in [2.45, 2.75) is 19.3 Å². The van der Waals surface area contributed by atoms with Gasteiger partial charge in [-0.1, -0.05) is 6.42 Å². The molecule has 1 aliphatic rings. The summed E-state index contributed by atoms with van der Waals surface area (Å²) in [6, 6.07) is 0.204. The second-order valence-electron chi connectivity index (χ2n) is 4.52. The van der Waals surface area contributed by atoms with Crippen LogP contribution in [-0.4, -0.2) is 40.3 Å². The number of ether oxygens (including phenoxy) is 1. The van der Waals surface area contributed by atoms with E-state index in [4.69, 9.17) is 10.5 Å². The van der Waals surface area contributed by atoms with Gasteiger partial charge in [-0.2, -0.15) is 15.0 Å². The molecule has 0 bridgehead atoms. The van der Waals surface area contributed by atoms with Crippen LogP contribution in [0.2, 0.25) is 0 Å². The van der Waals surface area contributed by atoms with Crippen LogP contribution in [0.25, 0.3) is 0 Å². The lowest BCUT2D eigenvalue weighted by atomic mass is 9.97. The molecule has 2 unspecified atom stereocenters. The van der Waals surface area contributed by atoms with Crippen molar-refractivity contribution >= 4 is 11.9 Å². The van der Waals surface area contributed by atoms with Crippen molar-refractivity contribution in [3.05, 3.63) is 0 Å². The van der Waals surface area contributed by atoms with Crippen LogP contribution in [0.15, 0.2) is 0 Å². The Kier molecular flexibility index (Phi) is 4.14. The lowest BCUT2D eigenvalue weighted by Crippen LogP contribution is -2.22. The van der Waals surface area contributed by atoms with E-state index in [1.54, 1.807) is 0 Å². The average Bonchev–Trinajstić information content (AvgIpc) is 2.83. The van der Waals surface area contributed by atoms with Crippen LogP contribution >= 0.6 is 0 Å². The van der Waals surface area contributed by atoms with Gasteiger partial charge < -0.3 is 20.9 Å². The molecule has 0 aliphatic heterocycles. The normalized spacial score (nSPS) is 23.0. The van der Waals surface area contributed by atoms with Crippen molar-refractivity contribution in [3.63, 3.8) is 0 Å². The number of aliphatic hydroxyl groups is 1. The molecule has 1 heterocycles. The number of hydrogen-bond acceptors (Lipinski definition) is 7. The Morgan fingerprint density at radius 2 is 2.11 bits per heavy atom. The molecule has 7 heteroatoms. The maximum Gasteiger partial charge on any atom is 0.322 e. The molecule has 4 N–H and O–H groups in total. The minimum absolute atomic E-state index is 0.134. The van der Waals surface area contributed by atoms with Gasteiger partial charge in [0.15, 0.2) is 0 Å². The fourth-order valence-corrected chi connectivity index (χ4v) is 2.39. The third kappa shape index (κ3) is 2.98. The first-order valence-corrected chi connectivity index (χ1v) is 6.13. The quantitative estimate of drug-likeness (QED) is 0.692. The molecular formula is C11H19N5O2. The second kappa shape index (κ2) is 5.81. The lowest BCUT2D eigenvalue weighted by molar-refractivity contribution is 0.198. The van der Waals surface area contributed by atoms with Gasteiger partial charge in [-0.05, 0) is 24.7 Å². The zero-order chi connectivity index (χ0) is 13.0. The van der Waals surface area contributed by atoms with Gasteiger partial charge in [0.1, 0.15) is 0 Å². The molecule has 100 valence electrons. The minimum atomic E-state index is 0.134. The van der Waals surface area contributed by atoms with Crippen molar-refractivity contribution in [1.82, 2.24) is 15.0 Å². The van der Waals surface area contributed by atoms with E-state index in [2.05, 4.69) is 20.3 Å². The van der Waals surface area contributed by atoms with Crippen LogP contribution in [0.3, 0.4) is 0 Å². The zero-order valence-corrected chi connectivity index (χ0v) is 10.5. The van der Waals surface area contributed by atoms with E-state index in [9.17, 15) is 5.11 Å². The van der Waals surface area contributed by atoms with Gasteiger partial charge in [0.25, 0.3) is 0 Å². The number of anilines is 2. The van der Waals surface area contributed by atoms with E-state index in [-0.39, 0.29) is 18.6 Å². The van der Waals surface area contributed by atoms with Gasteiger partial charge in [-0.25, -0.2) is 0 Å². The number of hydrogen-bond donors (Lipinski definition) is 3. The minimum Gasteiger partial charge on any atom is -0.467 e. The molecule has 2 atom stereocenters. The highest BCUT2D eigenvalue weighted by molar-refractivity contribution is 5.32. The molecule has 0 amide bonds. The molecule has 2 rings (SSSR count). The summed E-state index contributed by atoms with van der Waals surface area (Å²) in [6.07, 6.45) is 3.38. The van der Waals surface area contributed by atoms with Gasteiger partial charge in [0, 0.05) is 13.2 Å². The van der Waals surface area contributed by atoms with Crippen molar-refractivity contribution in [2.24, 2.45) is 11.8 Å². The van der Waals surface area contributed by atoms with Crippen molar-refractivity contribution in [1.29, 1.82) is 0 Å². The summed E-state index contributed by atoms with van der Waals surface area (Å²) in [5.41, 5.74) is 5.55. The molecule has 18 heavy (non-hydrogen) atoms. The van der Waals surface area contributed by atoms with Crippen LogP contribution in [0.4, 0.5) is 11.9 Å². The Hall–Kier alpha value is -1.63. The Balaban J connectivity index is 1.95. The number of methoxy groups -OCH3 is 1. The van der Waals surface area contributed by atoms with Gasteiger partial charge in [-0.3, -0.25) is 0 Å². The van der Waals surface area contributed by atoms with Gasteiger partial charge in [0.05, 0.1) is 7.11 Å². The summed E-state index contributed by atoms with van der Waals surface area (Å²) in [6.45, 7) is 0.979. The van der Waals surface area contributed by atoms with Crippen LogP contribution in [0.5, 0.6) is 6.01 Å². The van der Waals surface area contributed by atoms with E-state index < -0.39 is 0 Å². The first-order valence-electron chi connectivity index (χ1n) is 6.13. The smallest absolute Gasteiger partial charge is 0.322 e. The van der Waals surface area contributed by atoms with Crippen molar-refractivity contribution in [3.8, 4) is 6.01 Å². The topological polar surface area (TPSA) is 106 Å². The number of nitrogens with two attached hydrogens (primary N) is 1. The van der Waals surface area contributed by atoms with E-state index in [0.29, 0.717) is 17.8 Å². The first-order chi connectivity index (χ1) is 8.72. The van der Waals surface area contributed by atoms with Gasteiger partial charge in [0.2, 0.25) is 11.9 Å². The number of nitrogens with zero attached hydrogens (tertiary/aromatic N) is 3. The molecule has 0 aromatic carbocycles. The first kappa shape index (κ1) is 12.8. The van der Waals surface area contributed by atoms with Crippen LogP contribution in [-0.2, 0) is 0 Å². The summed E-state index contributed by atoms with van der Waals surface area (Å²) in [5, 5.41) is 12.4. The largest absolute Gasteiger partial charge is 0.467 e. The Morgan fingerprint density at radius 1 is 1.33 bits per heavy atom. The molecule has 1 fully saturated rings. The van der Waals surface area contributed by atoms with E-state index in [0.717, 1.165) is 19.4 Å². The third-order valence-electron chi connectivity index (χ3n) is 3.39. The lowest BCUT2D eigenvalue weighted by Gasteiger charge is -2.17. The molecular weight excluding hydrogens is 234 g/mol. The van der Waals surface area contributed by atoms with Crippen molar-refractivity contribution < 1.29 is 9.84 Å². The highest BCUT2D eigenvalue weighted by atomic mass is 16.5. The summed E-state index contributed by atoms with van der Waals surface area (Å²) in [5.74, 6) is 1.38. The standard InChI is InChI=1S/C11H19N5O2/c1-18-11-15-9(12)14-10(16-11)13-5-7-3-2-4-8(7)6-17/h7-8,17H,2-6H2,1H3,(H3,12,13,14,15,16). The van der Waals surface area contributed by atoms with Crippen LogP contribution in [0.1, 0.15) is 19.3 Å². The average molecular weight is 253 g/mol. The number of aliphatic hydroxyl groups excluding tert-OH is 1. The molecule has 1 aromatic heterocycles. The maximum atomic E-state index is 9.25. The SMILES string of the molecule is COc1nc(N)nc(NCC2CCCC2CO)n1. The predicted octanol–water partition coefficient (Wildman–Crippen LogP) is 0.283. The number of nitrogens with one attached hydrogen (secondary N) is 1. The number of nitrogen functional groups attached to an aromatic ring is 1. The molecule has 0 spiro atoms. The van der Waals surface area contributed by atoms with Crippen molar-refractivity contribution in [2.75, 3.05) is 31.3 Å². The summed E-state index contributed by atoms with van der Waals surface area (Å²) < 4.78 is 4.93. The monoisotopic (exact) mass is 253 g/mol. The highest BCUT2D eigenvalue weighted by Gasteiger charge is 2.26. The summed E-state index contributed by atoms with van der Waals surface area (Å²) in [7, 11) is 1.48. The van der Waals surface area contributed by atoms with Gasteiger partial charge >= 0.3 is 6.01 Å². The zero-order valence-electron chi connectivity index (χ0n) is 10.5. The van der Waals surface area contributed by atoms with E-state index in [1.165, 1.54) is 13.5 Å². The summed E-state index contributed by atoms with van der Waals surface area (Å²) in [4.78, 5) is 11.9. The van der Waals surface area contributed by atoms with E-state index >= 15 is 0 Å². The highest BCUT2D eigenvalue weighted by Crippen LogP contribution is 2.31. The molecule has 7 nitrogen and oxygen atoms in total. The van der Waals surface area contributed by atoms with Crippen LogP contribution < -0.4 is 15.8 Å². The second-order valence-corrected chi connectivity index (χ2v) is 4.52. The molecule has 0 saturated heterocycles. The molecule has 1 saturated carbocycles. The fourth-order valence-electron chi connectivity index (χ4n) is 2.39. The molecule has 0 radical (unpaired) electrons. The Labute approximate surface area is 106 Å². The number of rotatable bonds is 5. The van der Waals surface area contributed by atoms with Gasteiger partial charge in [-0.15, -0.1) is 0 Å². The third-order valence-corrected chi connectivity index (χ3v) is 3.39.